The van der Waals surface area contributed by atoms with E-state index in [4.69, 9.17) is 4.42 Å². The summed E-state index contributed by atoms with van der Waals surface area (Å²) in [5.74, 6) is 1.28. The average Bonchev–Trinajstić information content (AvgIpc) is 2.95. The lowest BCUT2D eigenvalue weighted by Crippen LogP contribution is -1.84. The summed E-state index contributed by atoms with van der Waals surface area (Å²) >= 11 is 1.49. The molecule has 0 aliphatic heterocycles. The molecule has 4 nitrogen and oxygen atoms in total. The van der Waals surface area contributed by atoms with Gasteiger partial charge in [0.15, 0.2) is 0 Å². The number of hydrogen-bond acceptors (Lipinski definition) is 5. The standard InChI is InChI=1S/C15H13N3OS/c1-11-6-2-3-8-13(11)14-17-18-15(19-14)20-10-12-7-4-5-9-16-12/h2-9H,10H2,1H3. The summed E-state index contributed by atoms with van der Waals surface area (Å²) in [6.07, 6.45) is 1.78. The SMILES string of the molecule is Cc1ccccc1-c1nnc(SCc2ccccn2)o1. The molecule has 3 rings (SSSR count). The summed E-state index contributed by atoms with van der Waals surface area (Å²) in [5.41, 5.74) is 3.09. The van der Waals surface area contributed by atoms with Gasteiger partial charge in [0.2, 0.25) is 5.89 Å². The first kappa shape index (κ1) is 12.9. The fourth-order valence-corrected chi connectivity index (χ4v) is 2.49. The van der Waals surface area contributed by atoms with Gasteiger partial charge in [-0.05, 0) is 30.7 Å². The van der Waals surface area contributed by atoms with Gasteiger partial charge in [0.1, 0.15) is 0 Å². The summed E-state index contributed by atoms with van der Waals surface area (Å²) in [4.78, 5) is 4.26. The van der Waals surface area contributed by atoms with Crippen LogP contribution in [-0.2, 0) is 5.75 Å². The topological polar surface area (TPSA) is 51.8 Å². The molecule has 0 unspecified atom stereocenters. The molecule has 2 heterocycles. The fourth-order valence-electron chi connectivity index (χ4n) is 1.81. The Kier molecular flexibility index (Phi) is 3.78. The van der Waals surface area contributed by atoms with Crippen LogP contribution in [0.15, 0.2) is 58.3 Å². The van der Waals surface area contributed by atoms with Crippen molar-refractivity contribution in [1.29, 1.82) is 0 Å². The Bertz CT molecular complexity index is 697. The molecule has 1 aromatic carbocycles. The Morgan fingerprint density at radius 1 is 1.05 bits per heavy atom. The zero-order chi connectivity index (χ0) is 13.8. The van der Waals surface area contributed by atoms with E-state index >= 15 is 0 Å². The number of thioether (sulfide) groups is 1. The number of rotatable bonds is 4. The van der Waals surface area contributed by atoms with Gasteiger partial charge >= 0.3 is 0 Å². The maximum Gasteiger partial charge on any atom is 0.277 e. The third kappa shape index (κ3) is 2.88. The second-order valence-corrected chi connectivity index (χ2v) is 5.22. The zero-order valence-electron chi connectivity index (χ0n) is 11.0. The van der Waals surface area contributed by atoms with E-state index in [1.165, 1.54) is 11.8 Å². The molecule has 0 aliphatic carbocycles. The van der Waals surface area contributed by atoms with Gasteiger partial charge < -0.3 is 4.42 Å². The Balaban J connectivity index is 1.73. The first-order valence-electron chi connectivity index (χ1n) is 6.25. The van der Waals surface area contributed by atoms with Gasteiger partial charge in [-0.2, -0.15) is 0 Å². The van der Waals surface area contributed by atoms with E-state index in [1.54, 1.807) is 6.20 Å². The van der Waals surface area contributed by atoms with Crippen LogP contribution in [0.3, 0.4) is 0 Å². The Morgan fingerprint density at radius 2 is 1.90 bits per heavy atom. The molecular weight excluding hydrogens is 270 g/mol. The second kappa shape index (κ2) is 5.88. The largest absolute Gasteiger partial charge is 0.411 e. The van der Waals surface area contributed by atoms with Crippen molar-refractivity contribution in [3.63, 3.8) is 0 Å². The Hall–Kier alpha value is -2.14. The first-order chi connectivity index (χ1) is 9.83. The quantitative estimate of drug-likeness (QED) is 0.683. The molecule has 0 saturated carbocycles. The van der Waals surface area contributed by atoms with Gasteiger partial charge in [0.25, 0.3) is 5.22 Å². The van der Waals surface area contributed by atoms with Crippen molar-refractivity contribution in [3.05, 3.63) is 59.9 Å². The van der Waals surface area contributed by atoms with Gasteiger partial charge in [-0.15, -0.1) is 10.2 Å². The number of aromatic nitrogens is 3. The molecule has 0 fully saturated rings. The number of hydrogen-bond donors (Lipinski definition) is 0. The molecule has 0 atom stereocenters. The molecule has 100 valence electrons. The maximum absolute atomic E-state index is 5.69. The predicted octanol–water partition coefficient (Wildman–Crippen LogP) is 3.73. The molecule has 0 amide bonds. The summed E-state index contributed by atoms with van der Waals surface area (Å²) in [6.45, 7) is 2.03. The number of pyridine rings is 1. The van der Waals surface area contributed by atoms with Crippen LogP contribution in [0, 0.1) is 6.92 Å². The third-order valence-corrected chi connectivity index (χ3v) is 3.70. The van der Waals surface area contributed by atoms with Crippen molar-refractivity contribution in [2.75, 3.05) is 0 Å². The molecule has 0 aliphatic rings. The highest BCUT2D eigenvalue weighted by molar-refractivity contribution is 7.98. The molecule has 0 radical (unpaired) electrons. The predicted molar refractivity (Wildman–Crippen MR) is 78.3 cm³/mol. The minimum absolute atomic E-state index is 0.562. The normalized spacial score (nSPS) is 10.7. The van der Waals surface area contributed by atoms with Crippen LogP contribution in [-0.4, -0.2) is 15.2 Å². The maximum atomic E-state index is 5.69. The number of nitrogens with zero attached hydrogens (tertiary/aromatic N) is 3. The van der Waals surface area contributed by atoms with Gasteiger partial charge in [-0.3, -0.25) is 4.98 Å². The zero-order valence-corrected chi connectivity index (χ0v) is 11.8. The van der Waals surface area contributed by atoms with Crippen LogP contribution in [0.4, 0.5) is 0 Å². The lowest BCUT2D eigenvalue weighted by Gasteiger charge is -1.98. The summed E-state index contributed by atoms with van der Waals surface area (Å²) in [5, 5.41) is 8.73. The van der Waals surface area contributed by atoms with E-state index in [0.717, 1.165) is 22.6 Å². The molecule has 2 aromatic heterocycles. The van der Waals surface area contributed by atoms with Crippen LogP contribution >= 0.6 is 11.8 Å². The van der Waals surface area contributed by atoms with E-state index in [2.05, 4.69) is 15.2 Å². The highest BCUT2D eigenvalue weighted by Gasteiger charge is 2.10. The number of benzene rings is 1. The van der Waals surface area contributed by atoms with Gasteiger partial charge in [0.05, 0.1) is 5.69 Å². The Morgan fingerprint density at radius 3 is 2.70 bits per heavy atom. The molecule has 0 bridgehead atoms. The van der Waals surface area contributed by atoms with Gasteiger partial charge in [-0.1, -0.05) is 36.0 Å². The van der Waals surface area contributed by atoms with Crippen molar-refractivity contribution in [2.24, 2.45) is 0 Å². The fraction of sp³-hybridized carbons (Fsp3) is 0.133. The summed E-state index contributed by atoms with van der Waals surface area (Å²) in [6, 6.07) is 13.8. The first-order valence-corrected chi connectivity index (χ1v) is 7.24. The van der Waals surface area contributed by atoms with Crippen LogP contribution in [0.5, 0.6) is 0 Å². The van der Waals surface area contributed by atoms with Crippen LogP contribution in [0.25, 0.3) is 11.5 Å². The van der Waals surface area contributed by atoms with E-state index in [1.807, 2.05) is 49.4 Å². The van der Waals surface area contributed by atoms with Crippen molar-refractivity contribution < 1.29 is 4.42 Å². The molecule has 5 heteroatoms. The molecular formula is C15H13N3OS. The smallest absolute Gasteiger partial charge is 0.277 e. The molecule has 0 saturated heterocycles. The molecule has 0 N–H and O–H groups in total. The molecule has 0 spiro atoms. The third-order valence-electron chi connectivity index (χ3n) is 2.85. The van der Waals surface area contributed by atoms with Crippen molar-refractivity contribution >= 4 is 11.8 Å². The van der Waals surface area contributed by atoms with E-state index in [0.29, 0.717) is 11.1 Å². The molecule has 20 heavy (non-hydrogen) atoms. The van der Waals surface area contributed by atoms with E-state index < -0.39 is 0 Å². The van der Waals surface area contributed by atoms with E-state index in [9.17, 15) is 0 Å². The van der Waals surface area contributed by atoms with Crippen molar-refractivity contribution in [3.8, 4) is 11.5 Å². The minimum Gasteiger partial charge on any atom is -0.411 e. The van der Waals surface area contributed by atoms with Crippen LogP contribution in [0.1, 0.15) is 11.3 Å². The summed E-state index contributed by atoms with van der Waals surface area (Å²) in [7, 11) is 0. The second-order valence-electron chi connectivity index (χ2n) is 4.30. The lowest BCUT2D eigenvalue weighted by molar-refractivity contribution is 0.465. The Labute approximate surface area is 121 Å². The monoisotopic (exact) mass is 283 g/mol. The average molecular weight is 283 g/mol. The van der Waals surface area contributed by atoms with Gasteiger partial charge in [0, 0.05) is 17.5 Å². The van der Waals surface area contributed by atoms with E-state index in [-0.39, 0.29) is 0 Å². The van der Waals surface area contributed by atoms with Crippen LogP contribution < -0.4 is 0 Å². The van der Waals surface area contributed by atoms with Crippen molar-refractivity contribution in [1.82, 2.24) is 15.2 Å². The highest BCUT2D eigenvalue weighted by atomic mass is 32.2. The molecule has 3 aromatic rings. The minimum atomic E-state index is 0.562. The summed E-state index contributed by atoms with van der Waals surface area (Å²) < 4.78 is 5.69. The highest BCUT2D eigenvalue weighted by Crippen LogP contribution is 2.26. The lowest BCUT2D eigenvalue weighted by atomic mass is 10.1. The van der Waals surface area contributed by atoms with Crippen molar-refractivity contribution in [2.45, 2.75) is 17.9 Å². The number of aryl methyl sites for hydroxylation is 1. The van der Waals surface area contributed by atoms with Crippen LogP contribution in [0.2, 0.25) is 0 Å². The van der Waals surface area contributed by atoms with Gasteiger partial charge in [-0.25, -0.2) is 0 Å².